The van der Waals surface area contributed by atoms with E-state index in [2.05, 4.69) is 74.8 Å². The molecule has 0 radical (unpaired) electrons. The number of alkyl halides is 1. The molecule has 2 amide bonds. The molecule has 8 nitrogen and oxygen atoms in total. The van der Waals surface area contributed by atoms with Gasteiger partial charge < -0.3 is 25.3 Å². The van der Waals surface area contributed by atoms with E-state index in [1.165, 1.54) is 11.3 Å². The van der Waals surface area contributed by atoms with Gasteiger partial charge in [-0.3, -0.25) is 4.90 Å². The number of imidazole rings is 1. The maximum Gasteiger partial charge on any atom is 0.319 e. The zero-order valence-corrected chi connectivity index (χ0v) is 23.0. The summed E-state index contributed by atoms with van der Waals surface area (Å²) in [5.74, 6) is 2.08. The molecule has 4 aromatic rings. The highest BCUT2D eigenvalue weighted by Gasteiger charge is 2.20. The smallest absolute Gasteiger partial charge is 0.319 e. The molecule has 5 rings (SSSR count). The number of benzene rings is 3. The second-order valence-corrected chi connectivity index (χ2v) is 9.96. The minimum absolute atomic E-state index is 0.269. The molecule has 0 bridgehead atoms. The molecule has 204 valence electrons. The predicted octanol–water partition coefficient (Wildman–Crippen LogP) is 5.35. The Morgan fingerprint density at radius 3 is 2.62 bits per heavy atom. The molecule has 39 heavy (non-hydrogen) atoms. The average molecular weight is 547 g/mol. The van der Waals surface area contributed by atoms with Crippen LogP contribution in [0.15, 0.2) is 66.7 Å². The van der Waals surface area contributed by atoms with Crippen molar-refractivity contribution < 1.29 is 9.53 Å². The van der Waals surface area contributed by atoms with Gasteiger partial charge in [-0.1, -0.05) is 31.2 Å². The normalized spacial score (nSPS) is 13.9. The van der Waals surface area contributed by atoms with Crippen LogP contribution in [0.3, 0.4) is 0 Å². The minimum Gasteiger partial charge on any atom is -0.492 e. The van der Waals surface area contributed by atoms with Crippen LogP contribution < -0.4 is 20.3 Å². The number of aryl methyl sites for hydroxylation is 1. The topological polar surface area (TPSA) is 85.5 Å². The van der Waals surface area contributed by atoms with E-state index < -0.39 is 0 Å². The molecule has 0 unspecified atom stereocenters. The largest absolute Gasteiger partial charge is 0.492 e. The van der Waals surface area contributed by atoms with Crippen LogP contribution in [0.25, 0.3) is 22.4 Å². The SMILES string of the molecule is CCc1cccc(-c2nc3c(N4CCN(CCOc5ccc(NC(=O)NCCCl)cc5)CC4)cccc3[nH]2)c1. The number of para-hydroxylation sites is 1. The van der Waals surface area contributed by atoms with E-state index in [0.717, 1.165) is 67.3 Å². The molecular weight excluding hydrogens is 512 g/mol. The van der Waals surface area contributed by atoms with Crippen LogP contribution in [0.5, 0.6) is 5.75 Å². The van der Waals surface area contributed by atoms with Gasteiger partial charge in [0.25, 0.3) is 0 Å². The number of fused-ring (bicyclic) bond motifs is 1. The van der Waals surface area contributed by atoms with E-state index in [-0.39, 0.29) is 6.03 Å². The number of aromatic nitrogens is 2. The van der Waals surface area contributed by atoms with Gasteiger partial charge in [0, 0.05) is 56.4 Å². The summed E-state index contributed by atoms with van der Waals surface area (Å²) in [6.45, 7) is 7.89. The number of anilines is 2. The van der Waals surface area contributed by atoms with Gasteiger partial charge in [-0.15, -0.1) is 11.6 Å². The number of nitrogens with zero attached hydrogens (tertiary/aromatic N) is 3. The van der Waals surface area contributed by atoms with E-state index in [1.807, 2.05) is 24.3 Å². The third-order valence-electron chi connectivity index (χ3n) is 6.98. The zero-order valence-electron chi connectivity index (χ0n) is 22.3. The van der Waals surface area contributed by atoms with Crippen LogP contribution in [0.4, 0.5) is 16.2 Å². The van der Waals surface area contributed by atoms with Crippen molar-refractivity contribution in [3.8, 4) is 17.1 Å². The molecule has 1 aromatic heterocycles. The Morgan fingerprint density at radius 1 is 1.05 bits per heavy atom. The molecule has 0 atom stereocenters. The number of carbonyl (C=O) groups excluding carboxylic acids is 1. The van der Waals surface area contributed by atoms with Gasteiger partial charge in [0.1, 0.15) is 23.7 Å². The number of urea groups is 1. The number of halogens is 1. The minimum atomic E-state index is -0.269. The highest BCUT2D eigenvalue weighted by molar-refractivity contribution is 6.18. The van der Waals surface area contributed by atoms with E-state index >= 15 is 0 Å². The molecule has 0 aliphatic carbocycles. The van der Waals surface area contributed by atoms with Gasteiger partial charge in [0.15, 0.2) is 0 Å². The first-order valence-corrected chi connectivity index (χ1v) is 14.1. The van der Waals surface area contributed by atoms with Crippen molar-refractivity contribution in [2.24, 2.45) is 0 Å². The number of amides is 2. The summed E-state index contributed by atoms with van der Waals surface area (Å²) in [5, 5.41) is 5.44. The highest BCUT2D eigenvalue weighted by atomic mass is 35.5. The first-order valence-electron chi connectivity index (χ1n) is 13.5. The Kier molecular flexibility index (Phi) is 8.85. The first-order chi connectivity index (χ1) is 19.1. The van der Waals surface area contributed by atoms with Gasteiger partial charge in [0.2, 0.25) is 0 Å². The molecular formula is C30H35ClN6O2. The summed E-state index contributed by atoms with van der Waals surface area (Å²) in [4.78, 5) is 25.1. The maximum atomic E-state index is 11.7. The van der Waals surface area contributed by atoms with Crippen molar-refractivity contribution in [1.29, 1.82) is 0 Å². The summed E-state index contributed by atoms with van der Waals surface area (Å²) in [5.41, 5.74) is 6.42. The fraction of sp³-hybridized carbons (Fsp3) is 0.333. The maximum absolute atomic E-state index is 11.7. The quantitative estimate of drug-likeness (QED) is 0.233. The van der Waals surface area contributed by atoms with Gasteiger partial charge >= 0.3 is 6.03 Å². The average Bonchev–Trinajstić information content (AvgIpc) is 3.42. The van der Waals surface area contributed by atoms with E-state index in [4.69, 9.17) is 21.3 Å². The van der Waals surface area contributed by atoms with Crippen molar-refractivity contribution in [2.45, 2.75) is 13.3 Å². The van der Waals surface area contributed by atoms with Crippen LogP contribution in [-0.4, -0.2) is 72.7 Å². The molecule has 1 saturated heterocycles. The molecule has 0 saturated carbocycles. The number of rotatable bonds is 10. The lowest BCUT2D eigenvalue weighted by atomic mass is 10.1. The second-order valence-electron chi connectivity index (χ2n) is 9.58. The molecule has 3 aromatic carbocycles. The molecule has 3 N–H and O–H groups in total. The van der Waals surface area contributed by atoms with Crippen LogP contribution in [-0.2, 0) is 6.42 Å². The Bertz CT molecular complexity index is 1380. The molecule has 9 heteroatoms. The van der Waals surface area contributed by atoms with E-state index in [1.54, 1.807) is 0 Å². The standard InChI is InChI=1S/C30H35ClN6O2/c1-2-22-5-3-6-23(21-22)29-34-26-7-4-8-27(28(26)35-29)37-17-15-36(16-18-37)19-20-39-25-11-9-24(10-12-25)33-30(38)32-14-13-31/h3-12,21H,2,13-20H2,1H3,(H,34,35)(H2,32,33,38). The second kappa shape index (κ2) is 12.9. The van der Waals surface area contributed by atoms with Crippen molar-refractivity contribution in [2.75, 3.05) is 62.0 Å². The Labute approximate surface area is 234 Å². The molecule has 1 aliphatic heterocycles. The number of nitrogens with one attached hydrogen (secondary N) is 3. The summed E-state index contributed by atoms with van der Waals surface area (Å²) in [7, 11) is 0. The lowest BCUT2D eigenvalue weighted by Gasteiger charge is -2.36. The van der Waals surface area contributed by atoms with E-state index in [0.29, 0.717) is 24.7 Å². The van der Waals surface area contributed by atoms with E-state index in [9.17, 15) is 4.79 Å². The van der Waals surface area contributed by atoms with Crippen molar-refractivity contribution in [1.82, 2.24) is 20.2 Å². The third kappa shape index (κ3) is 6.82. The summed E-state index contributed by atoms with van der Waals surface area (Å²) in [6.07, 6.45) is 1.01. The summed E-state index contributed by atoms with van der Waals surface area (Å²) in [6, 6.07) is 22.1. The fourth-order valence-electron chi connectivity index (χ4n) is 4.82. The molecule has 2 heterocycles. The van der Waals surface area contributed by atoms with Crippen LogP contribution >= 0.6 is 11.6 Å². The zero-order chi connectivity index (χ0) is 27.0. The summed E-state index contributed by atoms with van der Waals surface area (Å²) >= 11 is 5.59. The Balaban J connectivity index is 1.12. The van der Waals surface area contributed by atoms with Crippen molar-refractivity contribution in [3.05, 3.63) is 72.3 Å². The van der Waals surface area contributed by atoms with Crippen molar-refractivity contribution >= 4 is 40.0 Å². The number of aromatic amines is 1. The van der Waals surface area contributed by atoms with Crippen LogP contribution in [0.2, 0.25) is 0 Å². The van der Waals surface area contributed by atoms with Gasteiger partial charge in [-0.25, -0.2) is 9.78 Å². The summed E-state index contributed by atoms with van der Waals surface area (Å²) < 4.78 is 5.95. The highest BCUT2D eigenvalue weighted by Crippen LogP contribution is 2.29. The Morgan fingerprint density at radius 2 is 1.85 bits per heavy atom. The fourth-order valence-corrected chi connectivity index (χ4v) is 4.92. The number of H-pyrrole nitrogens is 1. The van der Waals surface area contributed by atoms with Crippen molar-refractivity contribution in [3.63, 3.8) is 0 Å². The molecule has 1 fully saturated rings. The number of hydrogen-bond acceptors (Lipinski definition) is 5. The number of piperazine rings is 1. The lowest BCUT2D eigenvalue weighted by molar-refractivity contribution is 0.200. The number of hydrogen-bond donors (Lipinski definition) is 3. The van der Waals surface area contributed by atoms with Crippen LogP contribution in [0, 0.1) is 0 Å². The van der Waals surface area contributed by atoms with Gasteiger partial charge in [-0.2, -0.15) is 0 Å². The third-order valence-corrected chi connectivity index (χ3v) is 7.17. The molecule has 1 aliphatic rings. The lowest BCUT2D eigenvalue weighted by Crippen LogP contribution is -2.47. The number of carbonyl (C=O) groups is 1. The Hall–Kier alpha value is -3.75. The predicted molar refractivity (Wildman–Crippen MR) is 159 cm³/mol. The van der Waals surface area contributed by atoms with Gasteiger partial charge in [-0.05, 0) is 54.4 Å². The number of ether oxygens (including phenoxy) is 1. The molecule has 0 spiro atoms. The van der Waals surface area contributed by atoms with Crippen LogP contribution in [0.1, 0.15) is 12.5 Å². The first kappa shape index (κ1) is 26.8. The monoisotopic (exact) mass is 546 g/mol. The van der Waals surface area contributed by atoms with Gasteiger partial charge in [0.05, 0.1) is 11.2 Å².